The molecule has 1 aliphatic rings. The van der Waals surface area contributed by atoms with Gasteiger partial charge in [-0.25, -0.2) is 4.79 Å². The van der Waals surface area contributed by atoms with Crippen LogP contribution in [0.1, 0.15) is 16.7 Å². The Morgan fingerprint density at radius 2 is 1.83 bits per heavy atom. The fraction of sp³-hybridized carbons (Fsp3) is 0.273. The lowest BCUT2D eigenvalue weighted by Gasteiger charge is -2.29. The molecule has 0 saturated carbocycles. The third-order valence-electron chi connectivity index (χ3n) is 4.67. The Labute approximate surface area is 174 Å². The molecule has 152 valence electrons. The molecule has 1 aliphatic heterocycles. The van der Waals surface area contributed by atoms with Crippen molar-refractivity contribution in [2.45, 2.75) is 13.0 Å². The first-order chi connectivity index (χ1) is 14.0. The molecule has 0 saturated heterocycles. The number of benzene rings is 2. The highest BCUT2D eigenvalue weighted by molar-refractivity contribution is 6.30. The van der Waals surface area contributed by atoms with Crippen LogP contribution in [0, 0.1) is 0 Å². The van der Waals surface area contributed by atoms with Gasteiger partial charge in [0, 0.05) is 24.2 Å². The first kappa shape index (κ1) is 20.7. The summed E-state index contributed by atoms with van der Waals surface area (Å²) >= 11 is 5.91. The van der Waals surface area contributed by atoms with Gasteiger partial charge >= 0.3 is 5.97 Å². The number of methoxy groups -OCH3 is 2. The maximum absolute atomic E-state index is 12.5. The number of carbonyl (C=O) groups is 2. The van der Waals surface area contributed by atoms with Crippen molar-refractivity contribution in [1.29, 1.82) is 0 Å². The summed E-state index contributed by atoms with van der Waals surface area (Å²) in [6, 6.07) is 10.9. The number of esters is 1. The van der Waals surface area contributed by atoms with Crippen LogP contribution in [0.15, 0.2) is 42.5 Å². The maximum atomic E-state index is 12.5. The van der Waals surface area contributed by atoms with Gasteiger partial charge in [-0.05, 0) is 53.5 Å². The minimum absolute atomic E-state index is 0.241. The van der Waals surface area contributed by atoms with Crippen LogP contribution >= 0.6 is 11.6 Å². The van der Waals surface area contributed by atoms with Gasteiger partial charge < -0.3 is 19.1 Å². The Morgan fingerprint density at radius 3 is 2.52 bits per heavy atom. The van der Waals surface area contributed by atoms with Crippen molar-refractivity contribution in [2.24, 2.45) is 0 Å². The van der Waals surface area contributed by atoms with E-state index in [2.05, 4.69) is 0 Å². The molecule has 0 radical (unpaired) electrons. The summed E-state index contributed by atoms with van der Waals surface area (Å²) < 4.78 is 15.7. The molecular formula is C22H22ClNO5. The second-order valence-corrected chi connectivity index (χ2v) is 6.97. The van der Waals surface area contributed by atoms with E-state index in [1.165, 1.54) is 6.08 Å². The molecule has 3 rings (SSSR count). The van der Waals surface area contributed by atoms with E-state index in [1.54, 1.807) is 43.4 Å². The Hall–Kier alpha value is -2.99. The standard InChI is InChI=1S/C22H22ClNO5/c1-27-19-11-16-8-9-24(13-17(16)12-20(19)28-2)21(25)14-29-22(26)7-6-15-4-3-5-18(23)10-15/h3-7,10-12H,8-9,13-14H2,1-2H3/b7-6+. The second-order valence-electron chi connectivity index (χ2n) is 6.54. The molecule has 7 heteroatoms. The highest BCUT2D eigenvalue weighted by Gasteiger charge is 2.23. The van der Waals surface area contributed by atoms with Gasteiger partial charge in [0.25, 0.3) is 5.91 Å². The first-order valence-electron chi connectivity index (χ1n) is 9.12. The van der Waals surface area contributed by atoms with E-state index >= 15 is 0 Å². The number of hydrogen-bond acceptors (Lipinski definition) is 5. The summed E-state index contributed by atoms with van der Waals surface area (Å²) in [6.07, 6.45) is 3.57. The number of carbonyl (C=O) groups excluding carboxylic acids is 2. The molecule has 0 spiro atoms. The molecule has 1 heterocycles. The van der Waals surface area contributed by atoms with Crippen molar-refractivity contribution >= 4 is 29.6 Å². The zero-order chi connectivity index (χ0) is 20.8. The Balaban J connectivity index is 1.56. The van der Waals surface area contributed by atoms with Gasteiger partial charge in [0.05, 0.1) is 14.2 Å². The van der Waals surface area contributed by atoms with Gasteiger partial charge in [0.15, 0.2) is 18.1 Å². The van der Waals surface area contributed by atoms with Gasteiger partial charge in [-0.3, -0.25) is 4.79 Å². The van der Waals surface area contributed by atoms with Crippen molar-refractivity contribution in [3.63, 3.8) is 0 Å². The number of fused-ring (bicyclic) bond motifs is 1. The summed E-state index contributed by atoms with van der Waals surface area (Å²) in [5.41, 5.74) is 2.89. The molecule has 2 aromatic carbocycles. The molecule has 0 aliphatic carbocycles. The summed E-state index contributed by atoms with van der Waals surface area (Å²) in [7, 11) is 3.17. The molecule has 0 bridgehead atoms. The van der Waals surface area contributed by atoms with Gasteiger partial charge in [0.2, 0.25) is 0 Å². The van der Waals surface area contributed by atoms with Crippen LogP contribution in [-0.4, -0.2) is 44.1 Å². The van der Waals surface area contributed by atoms with E-state index in [1.807, 2.05) is 18.2 Å². The molecule has 2 aromatic rings. The van der Waals surface area contributed by atoms with Crippen molar-refractivity contribution in [2.75, 3.05) is 27.4 Å². The zero-order valence-electron chi connectivity index (χ0n) is 16.3. The van der Waals surface area contributed by atoms with Crippen LogP contribution in [0.25, 0.3) is 6.08 Å². The van der Waals surface area contributed by atoms with E-state index < -0.39 is 5.97 Å². The molecule has 6 nitrogen and oxygen atoms in total. The van der Waals surface area contributed by atoms with Gasteiger partial charge in [0.1, 0.15) is 0 Å². The predicted octanol–water partition coefficient (Wildman–Crippen LogP) is 3.50. The normalized spacial score (nSPS) is 13.1. The quantitative estimate of drug-likeness (QED) is 0.533. The minimum atomic E-state index is -0.581. The summed E-state index contributed by atoms with van der Waals surface area (Å²) in [4.78, 5) is 26.0. The molecule has 29 heavy (non-hydrogen) atoms. The van der Waals surface area contributed by atoms with Crippen molar-refractivity contribution in [3.05, 3.63) is 64.2 Å². The van der Waals surface area contributed by atoms with E-state index in [0.29, 0.717) is 36.0 Å². The van der Waals surface area contributed by atoms with Crippen LogP contribution in [0.2, 0.25) is 5.02 Å². The molecule has 0 atom stereocenters. The fourth-order valence-corrected chi connectivity index (χ4v) is 3.34. The average molecular weight is 416 g/mol. The molecule has 0 aromatic heterocycles. The Morgan fingerprint density at radius 1 is 1.10 bits per heavy atom. The minimum Gasteiger partial charge on any atom is -0.493 e. The SMILES string of the molecule is COc1cc2c(cc1OC)CN(C(=O)COC(=O)/C=C/c1cccc(Cl)c1)CC2. The predicted molar refractivity (Wildman–Crippen MR) is 110 cm³/mol. The fourth-order valence-electron chi connectivity index (χ4n) is 3.14. The molecular weight excluding hydrogens is 394 g/mol. The smallest absolute Gasteiger partial charge is 0.331 e. The van der Waals surface area contributed by atoms with Crippen LogP contribution in [0.4, 0.5) is 0 Å². The van der Waals surface area contributed by atoms with Crippen molar-refractivity contribution in [3.8, 4) is 11.5 Å². The van der Waals surface area contributed by atoms with Gasteiger partial charge in [-0.2, -0.15) is 0 Å². The number of amides is 1. The van der Waals surface area contributed by atoms with E-state index in [4.69, 9.17) is 25.8 Å². The topological polar surface area (TPSA) is 65.1 Å². The number of ether oxygens (including phenoxy) is 3. The van der Waals surface area contributed by atoms with E-state index in [9.17, 15) is 9.59 Å². The summed E-state index contributed by atoms with van der Waals surface area (Å²) in [5, 5.41) is 0.579. The third-order valence-corrected chi connectivity index (χ3v) is 4.90. The third kappa shape index (κ3) is 5.29. The summed E-state index contributed by atoms with van der Waals surface area (Å²) in [5.74, 6) is 0.474. The molecule has 0 N–H and O–H groups in total. The van der Waals surface area contributed by atoms with Crippen LogP contribution in [-0.2, 0) is 27.3 Å². The molecule has 0 fully saturated rings. The maximum Gasteiger partial charge on any atom is 0.331 e. The van der Waals surface area contributed by atoms with Gasteiger partial charge in [-0.15, -0.1) is 0 Å². The largest absolute Gasteiger partial charge is 0.493 e. The van der Waals surface area contributed by atoms with Crippen LogP contribution < -0.4 is 9.47 Å². The van der Waals surface area contributed by atoms with Gasteiger partial charge in [-0.1, -0.05) is 23.7 Å². The van der Waals surface area contributed by atoms with Crippen LogP contribution in [0.3, 0.4) is 0 Å². The molecule has 0 unspecified atom stereocenters. The first-order valence-corrected chi connectivity index (χ1v) is 9.50. The Bertz CT molecular complexity index is 941. The highest BCUT2D eigenvalue weighted by atomic mass is 35.5. The lowest BCUT2D eigenvalue weighted by Crippen LogP contribution is -2.38. The Kier molecular flexibility index (Phi) is 6.77. The van der Waals surface area contributed by atoms with E-state index in [-0.39, 0.29) is 12.5 Å². The number of rotatable bonds is 6. The van der Waals surface area contributed by atoms with Crippen molar-refractivity contribution < 1.29 is 23.8 Å². The lowest BCUT2D eigenvalue weighted by molar-refractivity contribution is -0.148. The average Bonchev–Trinajstić information content (AvgIpc) is 2.74. The summed E-state index contributed by atoms with van der Waals surface area (Å²) in [6.45, 7) is 0.684. The number of halogens is 1. The van der Waals surface area contributed by atoms with Crippen molar-refractivity contribution in [1.82, 2.24) is 4.90 Å². The lowest BCUT2D eigenvalue weighted by atomic mass is 9.99. The van der Waals surface area contributed by atoms with Crippen LogP contribution in [0.5, 0.6) is 11.5 Å². The number of hydrogen-bond donors (Lipinski definition) is 0. The second kappa shape index (κ2) is 9.47. The zero-order valence-corrected chi connectivity index (χ0v) is 17.1. The van der Waals surface area contributed by atoms with E-state index in [0.717, 1.165) is 16.7 Å². The number of nitrogens with zero attached hydrogens (tertiary/aromatic N) is 1. The molecule has 1 amide bonds. The highest BCUT2D eigenvalue weighted by Crippen LogP contribution is 2.33. The monoisotopic (exact) mass is 415 g/mol.